The highest BCUT2D eigenvalue weighted by atomic mass is 35.5. The Labute approximate surface area is 190 Å². The predicted octanol–water partition coefficient (Wildman–Crippen LogP) is 4.83. The quantitative estimate of drug-likeness (QED) is 0.580. The van der Waals surface area contributed by atoms with Crippen molar-refractivity contribution in [3.63, 3.8) is 0 Å². The van der Waals surface area contributed by atoms with Crippen LogP contribution in [0.4, 0.5) is 5.69 Å². The van der Waals surface area contributed by atoms with Gasteiger partial charge in [-0.05, 0) is 24.3 Å². The fourth-order valence-corrected chi connectivity index (χ4v) is 4.03. The van der Waals surface area contributed by atoms with Gasteiger partial charge in [-0.25, -0.2) is 0 Å². The van der Waals surface area contributed by atoms with E-state index in [2.05, 4.69) is 15.5 Å². The van der Waals surface area contributed by atoms with Crippen LogP contribution in [0, 0.1) is 0 Å². The summed E-state index contributed by atoms with van der Waals surface area (Å²) >= 11 is 24.5. The molecule has 0 bridgehead atoms. The van der Waals surface area contributed by atoms with E-state index in [1.54, 1.807) is 30.3 Å². The fraction of sp³-hybridized carbons (Fsp3) is 0.0526. The Morgan fingerprint density at radius 3 is 2.27 bits per heavy atom. The first kappa shape index (κ1) is 20.7. The average Bonchev–Trinajstić information content (AvgIpc) is 3.25. The van der Waals surface area contributed by atoms with Crippen LogP contribution in [-0.2, 0) is 4.79 Å². The number of hydrogen-bond donors (Lipinski definition) is 1. The lowest BCUT2D eigenvalue weighted by molar-refractivity contribution is -0.119. The lowest BCUT2D eigenvalue weighted by Crippen LogP contribution is -2.38. The van der Waals surface area contributed by atoms with Gasteiger partial charge in [-0.15, -0.1) is 5.10 Å². The number of benzene rings is 2. The van der Waals surface area contributed by atoms with Crippen molar-refractivity contribution in [2.45, 2.75) is 6.04 Å². The second-order valence-corrected chi connectivity index (χ2v) is 7.90. The maximum atomic E-state index is 13.2. The van der Waals surface area contributed by atoms with E-state index in [0.717, 1.165) is 5.01 Å². The molecule has 30 heavy (non-hydrogen) atoms. The van der Waals surface area contributed by atoms with E-state index in [9.17, 15) is 9.59 Å². The highest BCUT2D eigenvalue weighted by Gasteiger charge is 2.41. The molecule has 1 aromatic heterocycles. The first-order valence-corrected chi connectivity index (χ1v) is 9.99. The first-order chi connectivity index (χ1) is 14.3. The minimum Gasteiger partial charge on any atom is -0.306 e. The van der Waals surface area contributed by atoms with Crippen LogP contribution in [0.2, 0.25) is 20.1 Å². The molecule has 0 radical (unpaired) electrons. The summed E-state index contributed by atoms with van der Waals surface area (Å²) in [5.41, 5.74) is 0.533. The van der Waals surface area contributed by atoms with Crippen LogP contribution in [0.3, 0.4) is 0 Å². The van der Waals surface area contributed by atoms with Crippen molar-refractivity contribution in [2.75, 3.05) is 5.01 Å². The van der Waals surface area contributed by atoms with Crippen LogP contribution in [0.5, 0.6) is 0 Å². The second kappa shape index (κ2) is 8.28. The van der Waals surface area contributed by atoms with Gasteiger partial charge in [0.2, 0.25) is 0 Å². The number of aromatic nitrogens is 2. The number of amidine groups is 1. The third kappa shape index (κ3) is 3.89. The molecular weight excluding hydrogens is 472 g/mol. The topological polar surface area (TPSA) is 79.6 Å². The first-order valence-electron chi connectivity index (χ1n) is 8.48. The summed E-state index contributed by atoms with van der Waals surface area (Å²) in [6, 6.07) is 10.3. The Balaban J connectivity index is 1.76. The van der Waals surface area contributed by atoms with Crippen LogP contribution >= 0.6 is 46.4 Å². The number of carbonyl (C=O) groups excluding carboxylic acids is 2. The molecule has 1 atom stereocenters. The van der Waals surface area contributed by atoms with Crippen molar-refractivity contribution in [1.29, 1.82) is 0 Å². The lowest BCUT2D eigenvalue weighted by Gasteiger charge is -2.17. The molecule has 7 nitrogen and oxygen atoms in total. The van der Waals surface area contributed by atoms with E-state index in [4.69, 9.17) is 46.4 Å². The highest BCUT2D eigenvalue weighted by molar-refractivity contribution is 6.43. The van der Waals surface area contributed by atoms with Gasteiger partial charge in [-0.2, -0.15) is 10.1 Å². The molecule has 1 aliphatic rings. The molecule has 0 saturated carbocycles. The molecular formula is C19H11Cl4N5O2. The number of rotatable bonds is 3. The molecule has 1 N–H and O–H groups in total. The molecule has 0 saturated heterocycles. The highest BCUT2D eigenvalue weighted by Crippen LogP contribution is 2.39. The number of hydrogen-bond acceptors (Lipinski definition) is 4. The standard InChI is InChI=1S/C19H11Cl4N5O2/c20-11-6-13(22)15(14(23)7-11)28-19(30)16(27-9-12(21)8-24-27)17(26-28)25-18(29)10-4-2-1-3-5-10/h1-9,16H,(H,25,26,29). The van der Waals surface area contributed by atoms with Crippen molar-refractivity contribution >= 4 is 69.7 Å². The largest absolute Gasteiger partial charge is 0.306 e. The average molecular weight is 483 g/mol. The van der Waals surface area contributed by atoms with Gasteiger partial charge in [0.1, 0.15) is 5.69 Å². The predicted molar refractivity (Wildman–Crippen MR) is 117 cm³/mol. The second-order valence-electron chi connectivity index (χ2n) is 6.21. The number of anilines is 1. The van der Waals surface area contributed by atoms with E-state index in [-0.39, 0.29) is 21.6 Å². The number of carbonyl (C=O) groups is 2. The third-order valence-corrected chi connectivity index (χ3v) is 5.20. The zero-order chi connectivity index (χ0) is 21.4. The molecule has 0 aliphatic carbocycles. The Bertz CT molecular complexity index is 1160. The van der Waals surface area contributed by atoms with Gasteiger partial charge in [0.15, 0.2) is 11.9 Å². The normalized spacial score (nSPS) is 16.0. The van der Waals surface area contributed by atoms with Crippen LogP contribution in [0.1, 0.15) is 16.4 Å². The van der Waals surface area contributed by atoms with Crippen LogP contribution in [0.25, 0.3) is 0 Å². The molecule has 3 aromatic rings. The number of amides is 2. The summed E-state index contributed by atoms with van der Waals surface area (Å²) in [5.74, 6) is -0.944. The van der Waals surface area contributed by atoms with E-state index in [1.807, 2.05) is 0 Å². The fourth-order valence-electron chi connectivity index (χ4n) is 2.91. The zero-order valence-corrected chi connectivity index (χ0v) is 17.9. The summed E-state index contributed by atoms with van der Waals surface area (Å²) in [4.78, 5) is 25.9. The van der Waals surface area contributed by atoms with Crippen molar-refractivity contribution < 1.29 is 9.59 Å². The van der Waals surface area contributed by atoms with Gasteiger partial charge in [-0.1, -0.05) is 64.6 Å². The maximum Gasteiger partial charge on any atom is 0.280 e. The maximum absolute atomic E-state index is 13.2. The van der Waals surface area contributed by atoms with E-state index < -0.39 is 17.9 Å². The van der Waals surface area contributed by atoms with Gasteiger partial charge < -0.3 is 5.32 Å². The van der Waals surface area contributed by atoms with Gasteiger partial charge >= 0.3 is 0 Å². The van der Waals surface area contributed by atoms with Crippen LogP contribution < -0.4 is 10.3 Å². The zero-order valence-electron chi connectivity index (χ0n) is 14.9. The van der Waals surface area contributed by atoms with Gasteiger partial charge in [-0.3, -0.25) is 14.3 Å². The molecule has 0 fully saturated rings. The smallest absolute Gasteiger partial charge is 0.280 e. The van der Waals surface area contributed by atoms with Gasteiger partial charge in [0.05, 0.1) is 21.3 Å². The molecule has 152 valence electrons. The van der Waals surface area contributed by atoms with E-state index in [1.165, 1.54) is 29.2 Å². The SMILES string of the molecule is O=C(NC1=NN(c2c(Cl)cc(Cl)cc2Cl)C(=O)C1n1cc(Cl)cn1)c1ccccc1. The number of nitrogens with zero attached hydrogens (tertiary/aromatic N) is 4. The molecule has 0 spiro atoms. The molecule has 1 unspecified atom stereocenters. The lowest BCUT2D eigenvalue weighted by atomic mass is 10.2. The van der Waals surface area contributed by atoms with Crippen molar-refractivity contribution in [1.82, 2.24) is 15.1 Å². The van der Waals surface area contributed by atoms with Gasteiger partial charge in [0.25, 0.3) is 11.8 Å². The Kier molecular flexibility index (Phi) is 5.71. The summed E-state index contributed by atoms with van der Waals surface area (Å²) < 4.78 is 1.30. The van der Waals surface area contributed by atoms with E-state index >= 15 is 0 Å². The minimum atomic E-state index is -1.08. The summed E-state index contributed by atoms with van der Waals surface area (Å²) in [6.45, 7) is 0. The Hall–Kier alpha value is -2.58. The Morgan fingerprint density at radius 1 is 1.00 bits per heavy atom. The number of nitrogens with one attached hydrogen (secondary N) is 1. The molecule has 1 aliphatic heterocycles. The Morgan fingerprint density at radius 2 is 1.67 bits per heavy atom. The summed E-state index contributed by atoms with van der Waals surface area (Å²) in [5, 5.41) is 12.9. The number of halogens is 4. The molecule has 2 amide bonds. The molecule has 2 heterocycles. The number of hydrazone groups is 1. The van der Waals surface area contributed by atoms with Crippen molar-refractivity contribution in [3.8, 4) is 0 Å². The third-order valence-electron chi connectivity index (χ3n) is 4.21. The van der Waals surface area contributed by atoms with Crippen LogP contribution in [0.15, 0.2) is 60.0 Å². The monoisotopic (exact) mass is 481 g/mol. The minimum absolute atomic E-state index is 0.0377. The van der Waals surface area contributed by atoms with Crippen molar-refractivity contribution in [3.05, 3.63) is 80.5 Å². The molecule has 11 heteroatoms. The van der Waals surface area contributed by atoms with E-state index in [0.29, 0.717) is 15.6 Å². The summed E-state index contributed by atoms with van der Waals surface area (Å²) in [6.07, 6.45) is 2.82. The molecule has 2 aromatic carbocycles. The molecule has 4 rings (SSSR count). The van der Waals surface area contributed by atoms with Crippen molar-refractivity contribution in [2.24, 2.45) is 5.10 Å². The van der Waals surface area contributed by atoms with Crippen LogP contribution in [-0.4, -0.2) is 27.4 Å². The van der Waals surface area contributed by atoms with Gasteiger partial charge in [0, 0.05) is 16.8 Å². The summed E-state index contributed by atoms with van der Waals surface area (Å²) in [7, 11) is 0.